The number of hydrogen-bond donors (Lipinski definition) is 3. The van der Waals surface area contributed by atoms with Crippen molar-refractivity contribution in [2.75, 3.05) is 18.9 Å². The number of nitrogens with zero attached hydrogens (tertiary/aromatic N) is 1. The van der Waals surface area contributed by atoms with Crippen molar-refractivity contribution in [3.63, 3.8) is 0 Å². The van der Waals surface area contributed by atoms with Gasteiger partial charge in [0.1, 0.15) is 18.1 Å². The molecule has 1 aromatic carbocycles. The molecule has 3 amide bonds. The molecule has 3 rings (SSSR count). The lowest BCUT2D eigenvalue weighted by molar-refractivity contribution is -0.164. The first-order chi connectivity index (χ1) is 16.1. The zero-order valence-corrected chi connectivity index (χ0v) is 20.3. The molecule has 34 heavy (non-hydrogen) atoms. The second-order valence-electron chi connectivity index (χ2n) is 8.73. The molecule has 1 aromatic rings. The van der Waals surface area contributed by atoms with Gasteiger partial charge in [0.15, 0.2) is 0 Å². The van der Waals surface area contributed by atoms with Gasteiger partial charge in [-0.25, -0.2) is 0 Å². The summed E-state index contributed by atoms with van der Waals surface area (Å²) < 4.78 is 10.5. The average molecular weight is 495 g/mol. The van der Waals surface area contributed by atoms with Crippen LogP contribution in [0.4, 0.5) is 5.69 Å². The summed E-state index contributed by atoms with van der Waals surface area (Å²) in [7, 11) is 0. The van der Waals surface area contributed by atoms with Crippen molar-refractivity contribution >= 4 is 41.0 Å². The first-order valence-electron chi connectivity index (χ1n) is 11.4. The molecule has 2 saturated heterocycles. The van der Waals surface area contributed by atoms with Gasteiger partial charge in [-0.2, -0.15) is 0 Å². The van der Waals surface area contributed by atoms with Crippen molar-refractivity contribution in [1.29, 1.82) is 0 Å². The molecule has 2 fully saturated rings. The van der Waals surface area contributed by atoms with Crippen LogP contribution in [0.15, 0.2) is 18.2 Å². The fourth-order valence-electron chi connectivity index (χ4n) is 4.19. The molecule has 4 N–H and O–H groups in total. The number of benzene rings is 1. The molecule has 0 aliphatic carbocycles. The molecule has 0 radical (unpaired) electrons. The van der Waals surface area contributed by atoms with Gasteiger partial charge in [-0.3, -0.25) is 19.2 Å². The normalized spacial score (nSPS) is 23.0. The number of cyclic esters (lactones) is 1. The van der Waals surface area contributed by atoms with Gasteiger partial charge >= 0.3 is 5.97 Å². The van der Waals surface area contributed by atoms with Crippen molar-refractivity contribution in [1.82, 2.24) is 15.5 Å². The Balaban J connectivity index is 1.71. The van der Waals surface area contributed by atoms with Crippen molar-refractivity contribution in [3.05, 3.63) is 28.8 Å². The Morgan fingerprint density at radius 2 is 2.06 bits per heavy atom. The van der Waals surface area contributed by atoms with Gasteiger partial charge in [0, 0.05) is 13.2 Å². The van der Waals surface area contributed by atoms with E-state index < -0.39 is 36.3 Å². The highest BCUT2D eigenvalue weighted by Gasteiger charge is 2.42. The number of likely N-dealkylation sites (tertiary alicyclic amines) is 1. The summed E-state index contributed by atoms with van der Waals surface area (Å²) in [5.74, 6) is -1.96. The van der Waals surface area contributed by atoms with Crippen molar-refractivity contribution in [2.45, 2.75) is 64.4 Å². The number of anilines is 1. The predicted molar refractivity (Wildman–Crippen MR) is 125 cm³/mol. The maximum atomic E-state index is 13.4. The third-order valence-electron chi connectivity index (χ3n) is 5.95. The highest BCUT2D eigenvalue weighted by atomic mass is 35.5. The van der Waals surface area contributed by atoms with Crippen LogP contribution in [0, 0.1) is 5.92 Å². The van der Waals surface area contributed by atoms with Gasteiger partial charge in [0.05, 0.1) is 22.7 Å². The fraction of sp³-hybridized carbons (Fsp3) is 0.565. The van der Waals surface area contributed by atoms with Crippen LogP contribution in [0.2, 0.25) is 5.02 Å². The van der Waals surface area contributed by atoms with E-state index in [1.807, 2.05) is 13.8 Å². The summed E-state index contributed by atoms with van der Waals surface area (Å²) in [4.78, 5) is 52.5. The van der Waals surface area contributed by atoms with Crippen molar-refractivity contribution in [3.8, 4) is 0 Å². The molecular weight excluding hydrogens is 464 g/mol. The summed E-state index contributed by atoms with van der Waals surface area (Å²) in [5.41, 5.74) is 6.23. The Morgan fingerprint density at radius 1 is 1.32 bits per heavy atom. The van der Waals surface area contributed by atoms with Gasteiger partial charge < -0.3 is 30.7 Å². The molecule has 2 aliphatic rings. The van der Waals surface area contributed by atoms with Crippen LogP contribution in [-0.4, -0.2) is 66.2 Å². The first kappa shape index (κ1) is 25.8. The monoisotopic (exact) mass is 494 g/mol. The number of halogens is 1. The van der Waals surface area contributed by atoms with Crippen LogP contribution >= 0.6 is 11.6 Å². The standard InChI is InChI=1S/C23H31ClN4O6/c1-4-33-23-15(11-17(29)34-23)26-21(31)16-9-6-10-28(16)22(32)19(12(2)3)27-20(30)13-7-5-8-14(25)18(13)24/h5,7-8,12,15-16,19,23H,4,6,9-11,25H2,1-3H3,(H,26,31)(H,27,30)/t15-,16-,19-,23+/m0/s1. The molecule has 0 bridgehead atoms. The third-order valence-corrected chi connectivity index (χ3v) is 6.37. The number of hydrogen-bond acceptors (Lipinski definition) is 7. The SMILES string of the molecule is CCO[C@@H]1OC(=O)C[C@@H]1NC(=O)[C@@H]1CCCN1C(=O)[C@@H](NC(=O)c1cccc(N)c1Cl)C(C)C. The van der Waals surface area contributed by atoms with E-state index in [1.165, 1.54) is 11.0 Å². The van der Waals surface area contributed by atoms with Gasteiger partial charge in [-0.05, 0) is 37.8 Å². The zero-order chi connectivity index (χ0) is 25.0. The van der Waals surface area contributed by atoms with E-state index in [0.29, 0.717) is 26.0 Å². The second-order valence-corrected chi connectivity index (χ2v) is 9.10. The van der Waals surface area contributed by atoms with Crippen molar-refractivity contribution < 1.29 is 28.7 Å². The lowest BCUT2D eigenvalue weighted by Gasteiger charge is -2.31. The van der Waals surface area contributed by atoms with Crippen LogP contribution in [0.1, 0.15) is 50.4 Å². The topological polar surface area (TPSA) is 140 Å². The Hall–Kier alpha value is -2.85. The van der Waals surface area contributed by atoms with E-state index >= 15 is 0 Å². The highest BCUT2D eigenvalue weighted by Crippen LogP contribution is 2.25. The maximum Gasteiger partial charge on any atom is 0.310 e. The molecule has 2 aliphatic heterocycles. The Kier molecular flexibility index (Phi) is 8.37. The van der Waals surface area contributed by atoms with Crippen LogP contribution in [0.3, 0.4) is 0 Å². The fourth-order valence-corrected chi connectivity index (χ4v) is 4.40. The molecular formula is C23H31ClN4O6. The lowest BCUT2D eigenvalue weighted by atomic mass is 10.0. The number of rotatable bonds is 8. The molecule has 0 saturated carbocycles. The van der Waals surface area contributed by atoms with E-state index in [0.717, 1.165) is 0 Å². The number of carbonyl (C=O) groups is 4. The zero-order valence-electron chi connectivity index (χ0n) is 19.5. The third kappa shape index (κ3) is 5.61. The number of esters is 1. The van der Waals surface area contributed by atoms with Gasteiger partial charge in [-0.1, -0.05) is 31.5 Å². The average Bonchev–Trinajstić information content (AvgIpc) is 3.40. The molecule has 4 atom stereocenters. The van der Waals surface area contributed by atoms with Crippen LogP contribution in [-0.2, 0) is 23.9 Å². The number of ether oxygens (including phenoxy) is 2. The highest BCUT2D eigenvalue weighted by molar-refractivity contribution is 6.36. The minimum atomic E-state index is -0.869. The van der Waals surface area contributed by atoms with E-state index in [2.05, 4.69) is 10.6 Å². The molecule has 186 valence electrons. The van der Waals surface area contributed by atoms with Crippen LogP contribution in [0.25, 0.3) is 0 Å². The molecule has 2 heterocycles. The van der Waals surface area contributed by atoms with Gasteiger partial charge in [0.25, 0.3) is 5.91 Å². The second kappa shape index (κ2) is 11.1. The quantitative estimate of drug-likeness (QED) is 0.367. The summed E-state index contributed by atoms with van der Waals surface area (Å²) in [5, 5.41) is 5.67. The Bertz CT molecular complexity index is 955. The van der Waals surface area contributed by atoms with Gasteiger partial charge in [0.2, 0.25) is 18.1 Å². The minimum absolute atomic E-state index is 0.00269. The Morgan fingerprint density at radius 3 is 2.74 bits per heavy atom. The summed E-state index contributed by atoms with van der Waals surface area (Å²) in [6, 6.07) is 2.50. The molecule has 11 heteroatoms. The predicted octanol–water partition coefficient (Wildman–Crippen LogP) is 1.46. The van der Waals surface area contributed by atoms with Crippen LogP contribution in [0.5, 0.6) is 0 Å². The van der Waals surface area contributed by atoms with E-state index in [4.69, 9.17) is 26.8 Å². The molecule has 0 unspecified atom stereocenters. The smallest absolute Gasteiger partial charge is 0.310 e. The van der Waals surface area contributed by atoms with Crippen LogP contribution < -0.4 is 16.4 Å². The van der Waals surface area contributed by atoms with E-state index in [-0.39, 0.29) is 40.4 Å². The first-order valence-corrected chi connectivity index (χ1v) is 11.8. The summed E-state index contributed by atoms with van der Waals surface area (Å²) in [6.07, 6.45) is 0.261. The summed E-state index contributed by atoms with van der Waals surface area (Å²) in [6.45, 7) is 6.08. The summed E-state index contributed by atoms with van der Waals surface area (Å²) >= 11 is 6.17. The molecule has 10 nitrogen and oxygen atoms in total. The van der Waals surface area contributed by atoms with E-state index in [9.17, 15) is 19.2 Å². The minimum Gasteiger partial charge on any atom is -0.433 e. The largest absolute Gasteiger partial charge is 0.433 e. The van der Waals surface area contributed by atoms with E-state index in [1.54, 1.807) is 19.1 Å². The number of carbonyl (C=O) groups excluding carboxylic acids is 4. The number of nitrogens with one attached hydrogen (secondary N) is 2. The molecule has 0 spiro atoms. The van der Waals surface area contributed by atoms with Crippen molar-refractivity contribution in [2.24, 2.45) is 5.92 Å². The lowest BCUT2D eigenvalue weighted by Crippen LogP contribution is -2.56. The number of nitrogens with two attached hydrogens (primary N) is 1. The maximum absolute atomic E-state index is 13.4. The Labute approximate surface area is 203 Å². The molecule has 0 aromatic heterocycles. The number of amides is 3. The number of nitrogen functional groups attached to an aromatic ring is 1. The van der Waals surface area contributed by atoms with Gasteiger partial charge in [-0.15, -0.1) is 0 Å².